The molecule has 0 aliphatic rings. The lowest BCUT2D eigenvalue weighted by molar-refractivity contribution is -0.114. The third kappa shape index (κ3) is 6.09. The first-order valence-electron chi connectivity index (χ1n) is 6.86. The van der Waals surface area contributed by atoms with Gasteiger partial charge in [0, 0.05) is 6.42 Å². The number of unbranched alkanes of at least 4 members (excludes halogenated alkanes) is 4. The third-order valence-corrected chi connectivity index (χ3v) is 2.99. The minimum atomic E-state index is -0.172. The lowest BCUT2D eigenvalue weighted by Crippen LogP contribution is -1.92. The maximum atomic E-state index is 11.6. The Morgan fingerprint density at radius 1 is 1.11 bits per heavy atom. The minimum absolute atomic E-state index is 0.101. The highest BCUT2D eigenvalue weighted by atomic mass is 16.3. The SMILES string of the molecule is CCCCCCCC(=O)C=Cc1ccc(O)c(O)c1. The summed E-state index contributed by atoms with van der Waals surface area (Å²) in [6.45, 7) is 2.17. The van der Waals surface area contributed by atoms with Gasteiger partial charge in [-0.25, -0.2) is 0 Å². The first-order chi connectivity index (χ1) is 9.13. The molecule has 3 nitrogen and oxygen atoms in total. The van der Waals surface area contributed by atoms with E-state index in [2.05, 4.69) is 6.92 Å². The van der Waals surface area contributed by atoms with Gasteiger partial charge in [-0.1, -0.05) is 44.7 Å². The van der Waals surface area contributed by atoms with E-state index in [0.29, 0.717) is 12.0 Å². The number of benzene rings is 1. The summed E-state index contributed by atoms with van der Waals surface area (Å²) >= 11 is 0. The van der Waals surface area contributed by atoms with E-state index in [1.807, 2.05) is 0 Å². The van der Waals surface area contributed by atoms with Crippen LogP contribution in [0.5, 0.6) is 11.5 Å². The third-order valence-electron chi connectivity index (χ3n) is 2.99. The Morgan fingerprint density at radius 2 is 1.84 bits per heavy atom. The monoisotopic (exact) mass is 262 g/mol. The molecule has 19 heavy (non-hydrogen) atoms. The maximum Gasteiger partial charge on any atom is 0.157 e. The van der Waals surface area contributed by atoms with Gasteiger partial charge in [-0.3, -0.25) is 4.79 Å². The number of rotatable bonds is 8. The van der Waals surface area contributed by atoms with E-state index in [1.54, 1.807) is 12.1 Å². The largest absolute Gasteiger partial charge is 0.504 e. The molecule has 0 aliphatic carbocycles. The van der Waals surface area contributed by atoms with Crippen LogP contribution in [0.15, 0.2) is 24.3 Å². The van der Waals surface area contributed by atoms with E-state index >= 15 is 0 Å². The van der Waals surface area contributed by atoms with Crippen molar-refractivity contribution < 1.29 is 15.0 Å². The molecule has 2 N–H and O–H groups in total. The number of carbonyl (C=O) groups excluding carboxylic acids is 1. The molecule has 0 saturated carbocycles. The van der Waals surface area contributed by atoms with Crippen molar-refractivity contribution in [1.82, 2.24) is 0 Å². The van der Waals surface area contributed by atoms with Crippen LogP contribution in [0, 0.1) is 0 Å². The molecule has 1 aromatic rings. The van der Waals surface area contributed by atoms with Crippen LogP contribution in [0.3, 0.4) is 0 Å². The fraction of sp³-hybridized carbons (Fsp3) is 0.438. The van der Waals surface area contributed by atoms with Gasteiger partial charge < -0.3 is 10.2 Å². The second-order valence-corrected chi connectivity index (χ2v) is 4.71. The van der Waals surface area contributed by atoms with E-state index < -0.39 is 0 Å². The Bertz CT molecular complexity index is 436. The van der Waals surface area contributed by atoms with Crippen LogP contribution in [-0.2, 0) is 4.79 Å². The molecule has 0 bridgehead atoms. The van der Waals surface area contributed by atoms with Gasteiger partial charge >= 0.3 is 0 Å². The second kappa shape index (κ2) is 8.35. The second-order valence-electron chi connectivity index (χ2n) is 4.71. The van der Waals surface area contributed by atoms with Crippen molar-refractivity contribution in [3.05, 3.63) is 29.8 Å². The molecule has 0 spiro atoms. The first-order valence-corrected chi connectivity index (χ1v) is 6.86. The van der Waals surface area contributed by atoms with Crippen molar-refractivity contribution in [3.8, 4) is 11.5 Å². The topological polar surface area (TPSA) is 57.5 Å². The average Bonchev–Trinajstić information content (AvgIpc) is 2.40. The molecule has 0 saturated heterocycles. The minimum Gasteiger partial charge on any atom is -0.504 e. The van der Waals surface area contributed by atoms with Gasteiger partial charge in [-0.05, 0) is 30.2 Å². The molecule has 0 aliphatic heterocycles. The number of hydrogen-bond donors (Lipinski definition) is 2. The first kappa shape index (κ1) is 15.3. The molecule has 3 heteroatoms. The highest BCUT2D eigenvalue weighted by Crippen LogP contribution is 2.25. The number of ketones is 1. The van der Waals surface area contributed by atoms with Crippen LogP contribution in [0.4, 0.5) is 0 Å². The van der Waals surface area contributed by atoms with Crippen molar-refractivity contribution in [2.24, 2.45) is 0 Å². The van der Waals surface area contributed by atoms with E-state index in [1.165, 1.54) is 37.5 Å². The van der Waals surface area contributed by atoms with Crippen molar-refractivity contribution in [3.63, 3.8) is 0 Å². The van der Waals surface area contributed by atoms with Crippen LogP contribution >= 0.6 is 0 Å². The molecular formula is C16H22O3. The van der Waals surface area contributed by atoms with Crippen LogP contribution in [0.2, 0.25) is 0 Å². The highest BCUT2D eigenvalue weighted by Gasteiger charge is 2.00. The van der Waals surface area contributed by atoms with Crippen molar-refractivity contribution >= 4 is 11.9 Å². The Morgan fingerprint density at radius 3 is 2.53 bits per heavy atom. The van der Waals surface area contributed by atoms with Gasteiger partial charge in [0.05, 0.1) is 0 Å². The normalized spacial score (nSPS) is 11.0. The maximum absolute atomic E-state index is 11.6. The number of aromatic hydroxyl groups is 2. The fourth-order valence-electron chi connectivity index (χ4n) is 1.82. The van der Waals surface area contributed by atoms with Gasteiger partial charge in [0.1, 0.15) is 0 Å². The Balaban J connectivity index is 2.34. The summed E-state index contributed by atoms with van der Waals surface area (Å²) in [6, 6.07) is 4.49. The fourth-order valence-corrected chi connectivity index (χ4v) is 1.82. The zero-order valence-electron chi connectivity index (χ0n) is 11.4. The number of allylic oxidation sites excluding steroid dienone is 1. The van der Waals surface area contributed by atoms with Gasteiger partial charge in [0.15, 0.2) is 17.3 Å². The Hall–Kier alpha value is -1.77. The van der Waals surface area contributed by atoms with E-state index in [4.69, 9.17) is 5.11 Å². The Labute approximate surface area is 114 Å². The van der Waals surface area contributed by atoms with E-state index in [9.17, 15) is 9.90 Å². The number of hydrogen-bond acceptors (Lipinski definition) is 3. The zero-order chi connectivity index (χ0) is 14.1. The van der Waals surface area contributed by atoms with Crippen LogP contribution in [-0.4, -0.2) is 16.0 Å². The van der Waals surface area contributed by atoms with Crippen LogP contribution < -0.4 is 0 Å². The Kier molecular flexibility index (Phi) is 6.72. The predicted molar refractivity (Wildman–Crippen MR) is 77.2 cm³/mol. The number of phenolic OH excluding ortho intramolecular Hbond substituents is 2. The molecule has 1 aromatic carbocycles. The number of carbonyl (C=O) groups is 1. The quantitative estimate of drug-likeness (QED) is 0.422. The molecule has 1 rings (SSSR count). The summed E-state index contributed by atoms with van der Waals surface area (Å²) in [4.78, 5) is 11.6. The summed E-state index contributed by atoms with van der Waals surface area (Å²) in [7, 11) is 0. The molecule has 0 fully saturated rings. The smallest absolute Gasteiger partial charge is 0.157 e. The van der Waals surface area contributed by atoms with Crippen molar-refractivity contribution in [2.45, 2.75) is 45.4 Å². The summed E-state index contributed by atoms with van der Waals surface area (Å²) in [5.41, 5.74) is 0.703. The summed E-state index contributed by atoms with van der Waals surface area (Å²) in [5, 5.41) is 18.5. The average molecular weight is 262 g/mol. The van der Waals surface area contributed by atoms with Crippen LogP contribution in [0.25, 0.3) is 6.08 Å². The molecule has 0 amide bonds. The molecule has 0 aromatic heterocycles. The molecule has 0 atom stereocenters. The molecule has 0 heterocycles. The predicted octanol–water partition coefficient (Wildman–Crippen LogP) is 4.04. The summed E-state index contributed by atoms with van der Waals surface area (Å²) < 4.78 is 0. The van der Waals surface area contributed by atoms with Crippen molar-refractivity contribution in [2.75, 3.05) is 0 Å². The highest BCUT2D eigenvalue weighted by molar-refractivity contribution is 5.93. The molecule has 104 valence electrons. The molecule has 0 unspecified atom stereocenters. The number of phenols is 2. The lowest BCUT2D eigenvalue weighted by atomic mass is 10.1. The van der Waals surface area contributed by atoms with Gasteiger partial charge in [-0.2, -0.15) is 0 Å². The lowest BCUT2D eigenvalue weighted by Gasteiger charge is -1.99. The van der Waals surface area contributed by atoms with Gasteiger partial charge in [0.25, 0.3) is 0 Å². The van der Waals surface area contributed by atoms with Crippen molar-refractivity contribution in [1.29, 1.82) is 0 Å². The molecular weight excluding hydrogens is 240 g/mol. The van der Waals surface area contributed by atoms with E-state index in [0.717, 1.165) is 12.8 Å². The molecule has 0 radical (unpaired) electrons. The van der Waals surface area contributed by atoms with Gasteiger partial charge in [-0.15, -0.1) is 0 Å². The standard InChI is InChI=1S/C16H22O3/c1-2-3-4-5-6-7-14(17)10-8-13-9-11-15(18)16(19)12-13/h8-12,18-19H,2-7H2,1H3. The zero-order valence-corrected chi connectivity index (χ0v) is 11.4. The summed E-state index contributed by atoms with van der Waals surface area (Å²) in [6.07, 6.45) is 9.44. The van der Waals surface area contributed by atoms with E-state index in [-0.39, 0.29) is 17.3 Å². The summed E-state index contributed by atoms with van der Waals surface area (Å²) in [5.74, 6) is -0.224. The van der Waals surface area contributed by atoms with Crippen LogP contribution in [0.1, 0.15) is 51.0 Å². The van der Waals surface area contributed by atoms with Gasteiger partial charge in [0.2, 0.25) is 0 Å².